The Bertz CT molecular complexity index is 323. The molecule has 0 aromatic heterocycles. The summed E-state index contributed by atoms with van der Waals surface area (Å²) in [7, 11) is -1.87. The standard InChI is InChI=1S/C9H19N3O3S/c1-10-16(14,15)7-6-12-9(13)8-4-2-3-5-11-8/h8,10-11H,2-7H2,1H3,(H,12,13)/t8-/m0/s1. The van der Waals surface area contributed by atoms with Gasteiger partial charge in [0.1, 0.15) is 0 Å². The molecular weight excluding hydrogens is 230 g/mol. The van der Waals surface area contributed by atoms with E-state index in [0.717, 1.165) is 25.8 Å². The van der Waals surface area contributed by atoms with Crippen molar-refractivity contribution in [2.45, 2.75) is 25.3 Å². The fraction of sp³-hybridized carbons (Fsp3) is 0.889. The number of hydrogen-bond donors (Lipinski definition) is 3. The first-order chi connectivity index (χ1) is 7.55. The van der Waals surface area contributed by atoms with Crippen molar-refractivity contribution in [3.05, 3.63) is 0 Å². The molecule has 1 rings (SSSR count). The van der Waals surface area contributed by atoms with E-state index in [2.05, 4.69) is 15.4 Å². The van der Waals surface area contributed by atoms with Gasteiger partial charge in [-0.05, 0) is 26.4 Å². The summed E-state index contributed by atoms with van der Waals surface area (Å²) >= 11 is 0. The molecule has 94 valence electrons. The number of carbonyl (C=O) groups is 1. The predicted molar refractivity (Wildman–Crippen MR) is 61.5 cm³/mol. The molecule has 0 aromatic rings. The molecule has 16 heavy (non-hydrogen) atoms. The van der Waals surface area contributed by atoms with Crippen LogP contribution in [-0.4, -0.2) is 46.3 Å². The third kappa shape index (κ3) is 4.46. The highest BCUT2D eigenvalue weighted by atomic mass is 32.2. The van der Waals surface area contributed by atoms with Crippen LogP contribution in [0.15, 0.2) is 0 Å². The lowest BCUT2D eigenvalue weighted by Gasteiger charge is -2.22. The largest absolute Gasteiger partial charge is 0.354 e. The maximum Gasteiger partial charge on any atom is 0.237 e. The van der Waals surface area contributed by atoms with Gasteiger partial charge >= 0.3 is 0 Å². The Kier molecular flexibility index (Phi) is 5.17. The lowest BCUT2D eigenvalue weighted by molar-refractivity contribution is -0.123. The van der Waals surface area contributed by atoms with Crippen LogP contribution in [0.4, 0.5) is 0 Å². The lowest BCUT2D eigenvalue weighted by Crippen LogP contribution is -2.47. The van der Waals surface area contributed by atoms with Crippen molar-refractivity contribution in [2.75, 3.05) is 25.9 Å². The van der Waals surface area contributed by atoms with Crippen LogP contribution in [0.3, 0.4) is 0 Å². The van der Waals surface area contributed by atoms with Crippen molar-refractivity contribution in [1.82, 2.24) is 15.4 Å². The molecule has 0 unspecified atom stereocenters. The molecule has 1 aliphatic rings. The maximum absolute atomic E-state index is 11.6. The van der Waals surface area contributed by atoms with Crippen molar-refractivity contribution in [3.8, 4) is 0 Å². The summed E-state index contributed by atoms with van der Waals surface area (Å²) in [6, 6.07) is -0.161. The molecule has 1 amide bonds. The molecule has 1 atom stereocenters. The van der Waals surface area contributed by atoms with Gasteiger partial charge in [-0.15, -0.1) is 0 Å². The normalized spacial score (nSPS) is 21.7. The number of nitrogens with one attached hydrogen (secondary N) is 3. The van der Waals surface area contributed by atoms with Crippen LogP contribution in [0.2, 0.25) is 0 Å². The summed E-state index contributed by atoms with van der Waals surface area (Å²) in [4.78, 5) is 11.6. The molecule has 1 fully saturated rings. The highest BCUT2D eigenvalue weighted by Crippen LogP contribution is 2.06. The van der Waals surface area contributed by atoms with E-state index in [1.807, 2.05) is 0 Å². The summed E-state index contributed by atoms with van der Waals surface area (Å²) < 4.78 is 24.4. The van der Waals surface area contributed by atoms with Crippen molar-refractivity contribution < 1.29 is 13.2 Å². The molecule has 0 aliphatic carbocycles. The Morgan fingerprint density at radius 1 is 1.44 bits per heavy atom. The summed E-state index contributed by atoms with van der Waals surface area (Å²) in [5.74, 6) is -0.187. The predicted octanol–water partition coefficient (Wildman–Crippen LogP) is -1.21. The average Bonchev–Trinajstić information content (AvgIpc) is 2.30. The Morgan fingerprint density at radius 3 is 2.75 bits per heavy atom. The van der Waals surface area contributed by atoms with Crippen LogP contribution in [0, 0.1) is 0 Å². The van der Waals surface area contributed by atoms with Crippen molar-refractivity contribution in [2.24, 2.45) is 0 Å². The van der Waals surface area contributed by atoms with Gasteiger partial charge in [0, 0.05) is 6.54 Å². The number of amides is 1. The number of sulfonamides is 1. The van der Waals surface area contributed by atoms with Crippen molar-refractivity contribution >= 4 is 15.9 Å². The molecule has 3 N–H and O–H groups in total. The van der Waals surface area contributed by atoms with E-state index in [-0.39, 0.29) is 24.2 Å². The van der Waals surface area contributed by atoms with Crippen LogP contribution < -0.4 is 15.4 Å². The molecule has 1 heterocycles. The van der Waals surface area contributed by atoms with Gasteiger partial charge in [0.2, 0.25) is 15.9 Å². The van der Waals surface area contributed by atoms with E-state index in [1.165, 1.54) is 7.05 Å². The topological polar surface area (TPSA) is 87.3 Å². The Hall–Kier alpha value is -0.660. The van der Waals surface area contributed by atoms with E-state index >= 15 is 0 Å². The summed E-state index contributed by atoms with van der Waals surface area (Å²) in [6.07, 6.45) is 2.96. The second-order valence-electron chi connectivity index (χ2n) is 3.82. The summed E-state index contributed by atoms with van der Waals surface area (Å²) in [5, 5.41) is 5.73. The van der Waals surface area contributed by atoms with E-state index in [4.69, 9.17) is 0 Å². The lowest BCUT2D eigenvalue weighted by atomic mass is 10.0. The fourth-order valence-corrected chi connectivity index (χ4v) is 2.18. The summed E-state index contributed by atoms with van der Waals surface area (Å²) in [5.41, 5.74) is 0. The quantitative estimate of drug-likeness (QED) is 0.571. The number of piperidine rings is 1. The van der Waals surface area contributed by atoms with Crippen LogP contribution in [0.1, 0.15) is 19.3 Å². The van der Waals surface area contributed by atoms with Gasteiger partial charge in [-0.3, -0.25) is 4.79 Å². The van der Waals surface area contributed by atoms with E-state index in [0.29, 0.717) is 0 Å². The SMILES string of the molecule is CNS(=O)(=O)CCNC(=O)[C@@H]1CCCCN1. The molecule has 0 aromatic carbocycles. The molecule has 6 nitrogen and oxygen atoms in total. The second kappa shape index (κ2) is 6.17. The minimum Gasteiger partial charge on any atom is -0.354 e. The molecule has 0 spiro atoms. The third-order valence-electron chi connectivity index (χ3n) is 2.61. The van der Waals surface area contributed by atoms with Gasteiger partial charge in [-0.1, -0.05) is 6.42 Å². The van der Waals surface area contributed by atoms with Crippen LogP contribution in [0.25, 0.3) is 0 Å². The zero-order valence-corrected chi connectivity index (χ0v) is 10.3. The molecule has 0 radical (unpaired) electrons. The molecule has 1 saturated heterocycles. The molecule has 0 bridgehead atoms. The highest BCUT2D eigenvalue weighted by molar-refractivity contribution is 7.89. The van der Waals surface area contributed by atoms with Crippen molar-refractivity contribution in [1.29, 1.82) is 0 Å². The molecule has 1 aliphatic heterocycles. The van der Waals surface area contributed by atoms with Gasteiger partial charge in [0.25, 0.3) is 0 Å². The highest BCUT2D eigenvalue weighted by Gasteiger charge is 2.20. The Morgan fingerprint density at radius 2 is 2.19 bits per heavy atom. The van der Waals surface area contributed by atoms with Gasteiger partial charge in [0.05, 0.1) is 11.8 Å². The first kappa shape index (κ1) is 13.4. The Balaban J connectivity index is 2.24. The molecule has 0 saturated carbocycles. The van der Waals surface area contributed by atoms with Gasteiger partial charge < -0.3 is 10.6 Å². The van der Waals surface area contributed by atoms with E-state index in [1.54, 1.807) is 0 Å². The second-order valence-corrected chi connectivity index (χ2v) is 5.86. The zero-order valence-electron chi connectivity index (χ0n) is 9.45. The first-order valence-corrected chi connectivity index (χ1v) is 7.13. The third-order valence-corrected chi connectivity index (χ3v) is 3.97. The van der Waals surface area contributed by atoms with Gasteiger partial charge in [-0.25, -0.2) is 13.1 Å². The number of carbonyl (C=O) groups excluding carboxylic acids is 1. The minimum atomic E-state index is -3.23. The molecule has 7 heteroatoms. The number of rotatable bonds is 5. The van der Waals surface area contributed by atoms with Crippen LogP contribution in [0.5, 0.6) is 0 Å². The summed E-state index contributed by atoms with van der Waals surface area (Å²) in [6.45, 7) is 1.01. The minimum absolute atomic E-state index is 0.0814. The van der Waals surface area contributed by atoms with Crippen molar-refractivity contribution in [3.63, 3.8) is 0 Å². The van der Waals surface area contributed by atoms with Gasteiger partial charge in [-0.2, -0.15) is 0 Å². The average molecular weight is 249 g/mol. The molecular formula is C9H19N3O3S. The van der Waals surface area contributed by atoms with Gasteiger partial charge in [0.15, 0.2) is 0 Å². The fourth-order valence-electron chi connectivity index (χ4n) is 1.61. The monoisotopic (exact) mass is 249 g/mol. The van der Waals surface area contributed by atoms with Crippen LogP contribution >= 0.6 is 0 Å². The first-order valence-electron chi connectivity index (χ1n) is 5.47. The van der Waals surface area contributed by atoms with E-state index < -0.39 is 10.0 Å². The zero-order chi connectivity index (χ0) is 12.0. The Labute approximate surface area is 96.2 Å². The maximum atomic E-state index is 11.6. The number of hydrogen-bond acceptors (Lipinski definition) is 4. The smallest absolute Gasteiger partial charge is 0.237 e. The van der Waals surface area contributed by atoms with E-state index in [9.17, 15) is 13.2 Å². The van der Waals surface area contributed by atoms with Crippen LogP contribution in [-0.2, 0) is 14.8 Å².